The summed E-state index contributed by atoms with van der Waals surface area (Å²) in [6.07, 6.45) is 2.85. The van der Waals surface area contributed by atoms with Crippen molar-refractivity contribution < 1.29 is 9.16 Å². The third-order valence-electron chi connectivity index (χ3n) is 2.60. The van der Waals surface area contributed by atoms with E-state index in [4.69, 9.17) is 9.16 Å². The highest BCUT2D eigenvalue weighted by Gasteiger charge is 2.02. The van der Waals surface area contributed by atoms with Gasteiger partial charge in [0.15, 0.2) is 9.76 Å². The van der Waals surface area contributed by atoms with Crippen LogP contribution in [0.2, 0.25) is 5.54 Å². The van der Waals surface area contributed by atoms with E-state index in [-0.39, 0.29) is 0 Å². The molecule has 0 aliphatic carbocycles. The first-order valence-electron chi connectivity index (χ1n) is 6.04. The van der Waals surface area contributed by atoms with Crippen LogP contribution >= 0.6 is 0 Å². The Labute approximate surface area is 107 Å². The lowest BCUT2D eigenvalue weighted by Crippen LogP contribution is -2.12. The lowest BCUT2D eigenvalue weighted by atomic mass is 10.1. The molecule has 0 saturated carbocycles. The molecule has 1 atom stereocenters. The fraction of sp³-hybridized carbons (Fsp3) is 0.429. The molecule has 0 aliphatic heterocycles. The van der Waals surface area contributed by atoms with Crippen molar-refractivity contribution in [1.29, 1.82) is 0 Å². The van der Waals surface area contributed by atoms with E-state index in [2.05, 4.69) is 37.8 Å². The highest BCUT2D eigenvalue weighted by Crippen LogP contribution is 2.07. The van der Waals surface area contributed by atoms with Gasteiger partial charge in [0.2, 0.25) is 0 Å². The monoisotopic (exact) mass is 250 g/mol. The van der Waals surface area contributed by atoms with E-state index in [0.717, 1.165) is 25.2 Å². The lowest BCUT2D eigenvalue weighted by Gasteiger charge is -2.10. The largest absolute Gasteiger partial charge is 0.423 e. The molecule has 0 bridgehead atoms. The number of ether oxygens (including phenoxy) is 1. The Morgan fingerprint density at radius 1 is 1.35 bits per heavy atom. The van der Waals surface area contributed by atoms with Gasteiger partial charge in [0.1, 0.15) is 0 Å². The summed E-state index contributed by atoms with van der Waals surface area (Å²) in [6, 6.07) is 8.46. The average molecular weight is 250 g/mol. The van der Waals surface area contributed by atoms with E-state index in [1.807, 2.05) is 6.08 Å². The van der Waals surface area contributed by atoms with Crippen molar-refractivity contribution in [2.75, 3.05) is 20.3 Å². The van der Waals surface area contributed by atoms with Gasteiger partial charge in [-0.1, -0.05) is 43.8 Å². The average Bonchev–Trinajstić information content (AvgIpc) is 2.36. The van der Waals surface area contributed by atoms with Crippen LogP contribution in [-0.2, 0) is 15.6 Å². The van der Waals surface area contributed by atoms with Crippen LogP contribution in [0.15, 0.2) is 30.8 Å². The maximum absolute atomic E-state index is 5.75. The fourth-order valence-corrected chi connectivity index (χ4v) is 2.67. The van der Waals surface area contributed by atoms with Gasteiger partial charge in [0.25, 0.3) is 0 Å². The minimum Gasteiger partial charge on any atom is -0.423 e. The number of hydrogen-bond acceptors (Lipinski definition) is 2. The van der Waals surface area contributed by atoms with Crippen LogP contribution < -0.4 is 0 Å². The minimum atomic E-state index is -0.445. The van der Waals surface area contributed by atoms with Crippen LogP contribution in [-0.4, -0.2) is 30.1 Å². The molecule has 0 N–H and O–H groups in total. The summed E-state index contributed by atoms with van der Waals surface area (Å²) in [4.78, 5) is 0. The molecular weight excluding hydrogens is 228 g/mol. The summed E-state index contributed by atoms with van der Waals surface area (Å²) >= 11 is 0. The number of rotatable bonds is 8. The van der Waals surface area contributed by atoms with Gasteiger partial charge in [-0.3, -0.25) is 0 Å². The summed E-state index contributed by atoms with van der Waals surface area (Å²) in [5.74, 6) is 0. The summed E-state index contributed by atoms with van der Waals surface area (Å²) in [5.41, 5.74) is 3.09. The number of hydrogen-bond donors (Lipinski definition) is 0. The van der Waals surface area contributed by atoms with Crippen LogP contribution in [0.3, 0.4) is 0 Å². The summed E-state index contributed by atoms with van der Waals surface area (Å²) in [7, 11) is 1.30. The lowest BCUT2D eigenvalue weighted by molar-refractivity contribution is 0.192. The van der Waals surface area contributed by atoms with E-state index in [1.54, 1.807) is 7.11 Å². The predicted molar refractivity (Wildman–Crippen MR) is 76.0 cm³/mol. The molecule has 0 amide bonds. The molecule has 0 heterocycles. The van der Waals surface area contributed by atoms with Gasteiger partial charge in [0.05, 0.1) is 0 Å². The van der Waals surface area contributed by atoms with Gasteiger partial charge in [0, 0.05) is 20.3 Å². The van der Waals surface area contributed by atoms with Crippen molar-refractivity contribution in [3.05, 3.63) is 42.0 Å². The van der Waals surface area contributed by atoms with E-state index in [1.165, 1.54) is 5.56 Å². The fourth-order valence-electron chi connectivity index (χ4n) is 1.63. The van der Waals surface area contributed by atoms with Crippen molar-refractivity contribution in [2.45, 2.75) is 18.9 Å². The topological polar surface area (TPSA) is 18.5 Å². The van der Waals surface area contributed by atoms with Crippen LogP contribution in [0.4, 0.5) is 0 Å². The second kappa shape index (κ2) is 8.23. The Kier molecular flexibility index (Phi) is 6.85. The first-order chi connectivity index (χ1) is 8.26. The molecule has 0 fully saturated rings. The van der Waals surface area contributed by atoms with Crippen molar-refractivity contribution in [1.82, 2.24) is 0 Å². The minimum absolute atomic E-state index is 0.445. The van der Waals surface area contributed by atoms with E-state index >= 15 is 0 Å². The highest BCUT2D eigenvalue weighted by atomic mass is 28.2. The summed E-state index contributed by atoms with van der Waals surface area (Å²) in [5, 5.41) is 0. The SMILES string of the molecule is C=Cc1ccc(CCO[SiH2]C(C)COC)cc1. The van der Waals surface area contributed by atoms with Crippen molar-refractivity contribution in [2.24, 2.45) is 0 Å². The van der Waals surface area contributed by atoms with Gasteiger partial charge in [-0.15, -0.1) is 0 Å². The summed E-state index contributed by atoms with van der Waals surface area (Å²) < 4.78 is 10.8. The molecule has 0 aromatic heterocycles. The first kappa shape index (κ1) is 14.2. The van der Waals surface area contributed by atoms with Crippen LogP contribution in [0, 0.1) is 0 Å². The number of benzene rings is 1. The Balaban J connectivity index is 2.19. The molecule has 94 valence electrons. The molecule has 1 rings (SSSR count). The Bertz CT molecular complexity index is 321. The Morgan fingerprint density at radius 2 is 2.06 bits per heavy atom. The second-order valence-corrected chi connectivity index (χ2v) is 6.47. The van der Waals surface area contributed by atoms with Gasteiger partial charge < -0.3 is 9.16 Å². The smallest absolute Gasteiger partial charge is 0.166 e. The van der Waals surface area contributed by atoms with E-state index < -0.39 is 9.76 Å². The van der Waals surface area contributed by atoms with Gasteiger partial charge in [-0.2, -0.15) is 0 Å². The predicted octanol–water partition coefficient (Wildman–Crippen LogP) is 2.43. The Morgan fingerprint density at radius 3 is 2.65 bits per heavy atom. The van der Waals surface area contributed by atoms with Gasteiger partial charge in [-0.25, -0.2) is 0 Å². The van der Waals surface area contributed by atoms with Crippen LogP contribution in [0.1, 0.15) is 18.1 Å². The van der Waals surface area contributed by atoms with E-state index in [0.29, 0.717) is 5.54 Å². The molecule has 0 radical (unpaired) electrons. The van der Waals surface area contributed by atoms with Gasteiger partial charge >= 0.3 is 0 Å². The van der Waals surface area contributed by atoms with Crippen molar-refractivity contribution in [3.63, 3.8) is 0 Å². The highest BCUT2D eigenvalue weighted by molar-refractivity contribution is 6.29. The van der Waals surface area contributed by atoms with E-state index in [9.17, 15) is 0 Å². The van der Waals surface area contributed by atoms with Crippen LogP contribution in [0.5, 0.6) is 0 Å². The summed E-state index contributed by atoms with van der Waals surface area (Å²) in [6.45, 7) is 7.58. The molecular formula is C14H22O2Si. The zero-order chi connectivity index (χ0) is 12.5. The first-order valence-corrected chi connectivity index (χ1v) is 7.43. The molecule has 1 aromatic rings. The Hall–Kier alpha value is -0.903. The molecule has 1 unspecified atom stereocenters. The molecule has 3 heteroatoms. The van der Waals surface area contributed by atoms with Crippen molar-refractivity contribution in [3.8, 4) is 0 Å². The zero-order valence-electron chi connectivity index (χ0n) is 10.8. The van der Waals surface area contributed by atoms with Gasteiger partial charge in [-0.05, 0) is 23.1 Å². The van der Waals surface area contributed by atoms with Crippen molar-refractivity contribution >= 4 is 15.8 Å². The third kappa shape index (κ3) is 5.82. The normalized spacial score (nSPS) is 13.1. The molecule has 2 nitrogen and oxygen atoms in total. The molecule has 0 spiro atoms. The quantitative estimate of drug-likeness (QED) is 0.521. The maximum atomic E-state index is 5.75. The molecule has 0 saturated heterocycles. The van der Waals surface area contributed by atoms with Crippen LogP contribution in [0.25, 0.3) is 6.08 Å². The number of methoxy groups -OCH3 is 1. The second-order valence-electron chi connectivity index (χ2n) is 4.33. The molecule has 17 heavy (non-hydrogen) atoms. The standard InChI is InChI=1S/C14H22O2Si/c1-4-13-5-7-14(8-6-13)9-10-16-17-12(2)11-15-3/h4-8,12H,1,9-11,17H2,2-3H3. The molecule has 1 aromatic carbocycles. The maximum Gasteiger partial charge on any atom is 0.166 e. The zero-order valence-corrected chi connectivity index (χ0v) is 12.2. The molecule has 0 aliphatic rings. The third-order valence-corrected chi connectivity index (χ3v) is 3.93.